The first-order valence-corrected chi connectivity index (χ1v) is 10.2. The predicted molar refractivity (Wildman–Crippen MR) is 113 cm³/mol. The van der Waals surface area contributed by atoms with Crippen LogP contribution in [0.1, 0.15) is 25.0 Å². The fourth-order valence-electron chi connectivity index (χ4n) is 3.81. The molecule has 2 heterocycles. The third-order valence-corrected chi connectivity index (χ3v) is 5.68. The largest absolute Gasteiger partial charge is 0.334 e. The number of hydrogen-bond donors (Lipinski definition) is 0. The summed E-state index contributed by atoms with van der Waals surface area (Å²) >= 11 is 6.11. The van der Waals surface area contributed by atoms with Gasteiger partial charge in [-0.2, -0.15) is 0 Å². The lowest BCUT2D eigenvalue weighted by molar-refractivity contribution is -0.131. The van der Waals surface area contributed by atoms with Gasteiger partial charge in [0.1, 0.15) is 16.9 Å². The maximum Gasteiger partial charge on any atom is 0.246 e. The van der Waals surface area contributed by atoms with Crippen molar-refractivity contribution in [1.82, 2.24) is 20.1 Å². The van der Waals surface area contributed by atoms with Gasteiger partial charge in [-0.25, -0.2) is 9.02 Å². The topological polar surface area (TPSA) is 62.5 Å². The number of carbonyl (C=O) groups excluding carboxylic acids is 1. The van der Waals surface area contributed by atoms with Crippen molar-refractivity contribution < 1.29 is 13.8 Å². The van der Waals surface area contributed by atoms with E-state index in [4.69, 9.17) is 16.2 Å². The molecule has 1 saturated heterocycles. The molecule has 0 aliphatic carbocycles. The van der Waals surface area contributed by atoms with Crippen LogP contribution in [0.25, 0.3) is 17.1 Å². The van der Waals surface area contributed by atoms with Crippen molar-refractivity contribution >= 4 is 34.6 Å². The van der Waals surface area contributed by atoms with Gasteiger partial charge in [0.15, 0.2) is 0 Å². The highest BCUT2D eigenvalue weighted by molar-refractivity contribution is 6.31. The summed E-state index contributed by atoms with van der Waals surface area (Å²) in [4.78, 5) is 17.1. The monoisotopic (exact) mass is 428 g/mol. The van der Waals surface area contributed by atoms with Gasteiger partial charge in [-0.3, -0.25) is 9.69 Å². The van der Waals surface area contributed by atoms with Crippen molar-refractivity contribution in [2.75, 3.05) is 13.1 Å². The zero-order chi connectivity index (χ0) is 21.3. The molecule has 0 unspecified atom stereocenters. The molecule has 0 bridgehead atoms. The number of hydrogen-bond acceptors (Lipinski definition) is 5. The lowest BCUT2D eigenvalue weighted by atomic mass is 10.1. The zero-order valence-corrected chi connectivity index (χ0v) is 17.5. The molecule has 2 atom stereocenters. The molecular weight excluding hydrogens is 407 g/mol. The van der Waals surface area contributed by atoms with E-state index in [9.17, 15) is 9.18 Å². The number of fused-ring (bicyclic) bond motifs is 1. The first-order chi connectivity index (χ1) is 14.4. The maximum atomic E-state index is 13.1. The highest BCUT2D eigenvalue weighted by Gasteiger charge is 2.31. The number of piperazine rings is 1. The van der Waals surface area contributed by atoms with E-state index in [-0.39, 0.29) is 23.8 Å². The smallest absolute Gasteiger partial charge is 0.246 e. The molecule has 6 nitrogen and oxygen atoms in total. The van der Waals surface area contributed by atoms with Crippen LogP contribution in [0.5, 0.6) is 0 Å². The van der Waals surface area contributed by atoms with Crippen molar-refractivity contribution in [2.45, 2.75) is 32.5 Å². The summed E-state index contributed by atoms with van der Waals surface area (Å²) in [6.45, 7) is 6.22. The van der Waals surface area contributed by atoms with Crippen molar-refractivity contribution in [3.8, 4) is 0 Å². The Morgan fingerprint density at radius 3 is 2.73 bits per heavy atom. The fraction of sp³-hybridized carbons (Fsp3) is 0.318. The Morgan fingerprint density at radius 2 is 1.97 bits per heavy atom. The van der Waals surface area contributed by atoms with Gasteiger partial charge >= 0.3 is 0 Å². The molecule has 30 heavy (non-hydrogen) atoms. The highest BCUT2D eigenvalue weighted by atomic mass is 35.5. The highest BCUT2D eigenvalue weighted by Crippen LogP contribution is 2.23. The first-order valence-electron chi connectivity index (χ1n) is 9.79. The average molecular weight is 429 g/mol. The van der Waals surface area contributed by atoms with Crippen molar-refractivity contribution in [1.29, 1.82) is 0 Å². The van der Waals surface area contributed by atoms with Crippen LogP contribution in [-0.4, -0.2) is 51.2 Å². The third-order valence-electron chi connectivity index (χ3n) is 5.46. The van der Waals surface area contributed by atoms with Crippen LogP contribution in [0.15, 0.2) is 47.1 Å². The second-order valence-corrected chi connectivity index (χ2v) is 8.14. The minimum Gasteiger partial charge on any atom is -0.334 e. The summed E-state index contributed by atoms with van der Waals surface area (Å²) in [5, 5.41) is 8.18. The van der Waals surface area contributed by atoms with Crippen LogP contribution in [0.4, 0.5) is 4.39 Å². The summed E-state index contributed by atoms with van der Waals surface area (Å²) < 4.78 is 17.9. The van der Waals surface area contributed by atoms with E-state index in [1.54, 1.807) is 36.4 Å². The van der Waals surface area contributed by atoms with Crippen LogP contribution in [0.3, 0.4) is 0 Å². The molecule has 4 rings (SSSR count). The van der Waals surface area contributed by atoms with E-state index in [1.807, 2.05) is 11.8 Å². The second kappa shape index (κ2) is 8.53. The van der Waals surface area contributed by atoms with Crippen molar-refractivity contribution in [2.24, 2.45) is 0 Å². The van der Waals surface area contributed by atoms with Crippen LogP contribution >= 0.6 is 11.6 Å². The van der Waals surface area contributed by atoms with E-state index >= 15 is 0 Å². The zero-order valence-electron chi connectivity index (χ0n) is 16.8. The molecule has 1 aliphatic rings. The molecule has 0 saturated carbocycles. The average Bonchev–Trinajstić information content (AvgIpc) is 3.18. The lowest BCUT2D eigenvalue weighted by Gasteiger charge is -2.43. The molecule has 156 valence electrons. The number of nitrogens with zero attached hydrogens (tertiary/aromatic N) is 4. The van der Waals surface area contributed by atoms with E-state index in [2.05, 4.69) is 22.1 Å². The molecular formula is C22H22ClFN4O2. The number of rotatable bonds is 4. The Kier molecular flexibility index (Phi) is 5.83. The van der Waals surface area contributed by atoms with Crippen molar-refractivity contribution in [3.05, 3.63) is 64.4 Å². The van der Waals surface area contributed by atoms with Crippen LogP contribution in [-0.2, 0) is 11.3 Å². The molecule has 8 heteroatoms. The van der Waals surface area contributed by atoms with Gasteiger partial charge in [0.25, 0.3) is 0 Å². The lowest BCUT2D eigenvalue weighted by Crippen LogP contribution is -2.57. The van der Waals surface area contributed by atoms with E-state index < -0.39 is 0 Å². The van der Waals surface area contributed by atoms with Gasteiger partial charge in [-0.1, -0.05) is 23.7 Å². The standard InChI is InChI=1S/C22H22ClFN4O2/c1-14-12-28(15(2)11-27(14)13-16-3-6-19(24)7-4-16)21(29)8-5-17-9-18(23)10-20-22(17)26-30-25-20/h3-10,14-15H,11-13H2,1-2H3/b8-5+/t14-,15+/m1/s1. The minimum absolute atomic E-state index is 0.0481. The van der Waals surface area contributed by atoms with Gasteiger partial charge in [0.2, 0.25) is 5.91 Å². The van der Waals surface area contributed by atoms with E-state index in [0.29, 0.717) is 28.2 Å². The number of benzene rings is 2. The van der Waals surface area contributed by atoms with Crippen LogP contribution < -0.4 is 0 Å². The van der Waals surface area contributed by atoms with E-state index in [0.717, 1.165) is 18.7 Å². The number of amides is 1. The summed E-state index contributed by atoms with van der Waals surface area (Å²) in [6.07, 6.45) is 3.24. The van der Waals surface area contributed by atoms with Crippen LogP contribution in [0, 0.1) is 5.82 Å². The first kappa shape index (κ1) is 20.5. The van der Waals surface area contributed by atoms with Gasteiger partial charge in [-0.15, -0.1) is 0 Å². The molecule has 0 radical (unpaired) electrons. The molecule has 1 aliphatic heterocycles. The number of aromatic nitrogens is 2. The summed E-state index contributed by atoms with van der Waals surface area (Å²) in [5.41, 5.74) is 2.85. The summed E-state index contributed by atoms with van der Waals surface area (Å²) in [7, 11) is 0. The van der Waals surface area contributed by atoms with Gasteiger partial charge < -0.3 is 4.90 Å². The minimum atomic E-state index is -0.235. The quantitative estimate of drug-likeness (QED) is 0.584. The molecule has 3 aromatic rings. The van der Waals surface area contributed by atoms with Gasteiger partial charge in [0, 0.05) is 48.4 Å². The molecule has 0 spiro atoms. The van der Waals surface area contributed by atoms with Crippen LogP contribution in [0.2, 0.25) is 5.02 Å². The van der Waals surface area contributed by atoms with E-state index in [1.165, 1.54) is 12.1 Å². The third kappa shape index (κ3) is 4.37. The Morgan fingerprint density at radius 1 is 1.20 bits per heavy atom. The maximum absolute atomic E-state index is 13.1. The molecule has 0 N–H and O–H groups in total. The summed E-state index contributed by atoms with van der Waals surface area (Å²) in [5.74, 6) is -0.305. The normalized spacial score (nSPS) is 20.3. The Hall–Kier alpha value is -2.77. The molecule has 1 amide bonds. The fourth-order valence-corrected chi connectivity index (χ4v) is 4.03. The SMILES string of the molecule is C[C@@H]1CN(C(=O)/C=C/c2cc(Cl)cc3nonc23)[C@@H](C)CN1Cc1ccc(F)cc1. The predicted octanol–water partition coefficient (Wildman–Crippen LogP) is 4.15. The number of halogens is 2. The second-order valence-electron chi connectivity index (χ2n) is 7.70. The van der Waals surface area contributed by atoms with Gasteiger partial charge in [0.05, 0.1) is 0 Å². The Bertz CT molecular complexity index is 1080. The summed E-state index contributed by atoms with van der Waals surface area (Å²) in [6, 6.07) is 10.2. The van der Waals surface area contributed by atoms with Gasteiger partial charge in [-0.05, 0) is 60.1 Å². The molecule has 1 fully saturated rings. The Balaban J connectivity index is 1.44. The molecule has 2 aromatic carbocycles. The molecule has 1 aromatic heterocycles. The van der Waals surface area contributed by atoms with Crippen molar-refractivity contribution in [3.63, 3.8) is 0 Å². The number of carbonyl (C=O) groups is 1. The Labute approximate surface area is 178 Å².